The van der Waals surface area contributed by atoms with E-state index in [0.29, 0.717) is 16.7 Å². The van der Waals surface area contributed by atoms with E-state index in [9.17, 15) is 4.79 Å². The van der Waals surface area contributed by atoms with Crippen LogP contribution in [0.2, 0.25) is 0 Å². The number of carbonyl (C=O) groups is 2. The van der Waals surface area contributed by atoms with Gasteiger partial charge in [-0.05, 0) is 169 Å². The summed E-state index contributed by atoms with van der Waals surface area (Å²) in [5.74, 6) is -0.195. The van der Waals surface area contributed by atoms with Crippen molar-refractivity contribution >= 4 is 72.0 Å². The maximum atomic E-state index is 15.1. The first-order valence-corrected chi connectivity index (χ1v) is 25.3. The van der Waals surface area contributed by atoms with Crippen molar-refractivity contribution in [2.24, 2.45) is 0 Å². The van der Waals surface area contributed by atoms with Gasteiger partial charge in [0.2, 0.25) is 0 Å². The quantitative estimate of drug-likeness (QED) is 0.0778. The fourth-order valence-electron chi connectivity index (χ4n) is 11.9. The zero-order valence-corrected chi connectivity index (χ0v) is 41.1. The zero-order chi connectivity index (χ0) is 50.0. The number of benzene rings is 13. The van der Waals surface area contributed by atoms with E-state index in [0.717, 1.165) is 83.5 Å². The highest BCUT2D eigenvalue weighted by Gasteiger charge is 2.25. The molecule has 13 rings (SSSR count). The standard InChI is InChI=1S/C72H48O2/c1-4-53-44(2)39-62(46-19-9-5-10-20-46)55-37-38-60-67(72(74)54-28-18-17-27-52(54)43-73)40-61(45(3)68(60)69(53)55)50-29-31-51(32-30-50)66-42-65(49-25-15-8-16-26-49)58-34-33-56-63(47-21-11-6-12-22-47)41-64(48-23-13-7-14-24-48)57-35-36-59(66)71(58)70(56)57/h4-43H,1H2,2-3H3. The number of fused-ring (bicyclic) bond motifs is 3. The molecule has 13 aromatic rings. The Bertz CT molecular complexity index is 4320. The van der Waals surface area contributed by atoms with E-state index in [1.165, 1.54) is 60.1 Å². The molecular weight excluding hydrogens is 897 g/mol. The summed E-state index contributed by atoms with van der Waals surface area (Å²) in [5, 5.41) is 11.3. The first-order chi connectivity index (χ1) is 36.4. The van der Waals surface area contributed by atoms with Crippen molar-refractivity contribution in [3.8, 4) is 66.8 Å². The van der Waals surface area contributed by atoms with Crippen LogP contribution >= 0.6 is 0 Å². The van der Waals surface area contributed by atoms with E-state index >= 15 is 4.79 Å². The Hall–Kier alpha value is -9.50. The van der Waals surface area contributed by atoms with E-state index in [4.69, 9.17) is 0 Å². The van der Waals surface area contributed by atoms with Gasteiger partial charge in [-0.15, -0.1) is 0 Å². The highest BCUT2D eigenvalue weighted by Crippen LogP contribution is 2.49. The lowest BCUT2D eigenvalue weighted by Gasteiger charge is -2.22. The number of ketones is 1. The fraction of sp³-hybridized carbons (Fsp3) is 0.0278. The van der Waals surface area contributed by atoms with Gasteiger partial charge in [0.25, 0.3) is 0 Å². The number of hydrogen-bond donors (Lipinski definition) is 0. The van der Waals surface area contributed by atoms with E-state index in [1.54, 1.807) is 18.2 Å². The molecule has 0 amide bonds. The lowest BCUT2D eigenvalue weighted by atomic mass is 9.81. The Balaban J connectivity index is 1.07. The normalized spacial score (nSPS) is 11.5. The number of rotatable bonds is 10. The van der Waals surface area contributed by atoms with Crippen LogP contribution in [-0.2, 0) is 0 Å². The highest BCUT2D eigenvalue weighted by atomic mass is 16.1. The summed E-state index contributed by atoms with van der Waals surface area (Å²) in [6.07, 6.45) is 2.72. The molecule has 0 aliphatic rings. The molecule has 0 spiro atoms. The second kappa shape index (κ2) is 18.0. The lowest BCUT2D eigenvalue weighted by Crippen LogP contribution is -2.07. The average molecular weight is 945 g/mol. The topological polar surface area (TPSA) is 34.1 Å². The molecule has 2 nitrogen and oxygen atoms in total. The molecule has 0 aliphatic heterocycles. The average Bonchev–Trinajstić information content (AvgIpc) is 3.55. The van der Waals surface area contributed by atoms with E-state index in [-0.39, 0.29) is 5.78 Å². The van der Waals surface area contributed by atoms with Crippen LogP contribution in [-0.4, -0.2) is 12.1 Å². The summed E-state index contributed by atoms with van der Waals surface area (Å²) < 4.78 is 0. The van der Waals surface area contributed by atoms with Gasteiger partial charge in [-0.2, -0.15) is 0 Å². The summed E-state index contributed by atoms with van der Waals surface area (Å²) >= 11 is 0. The van der Waals surface area contributed by atoms with Crippen LogP contribution in [0.5, 0.6) is 0 Å². The van der Waals surface area contributed by atoms with Crippen molar-refractivity contribution in [1.82, 2.24) is 0 Å². The Morgan fingerprint density at radius 2 is 0.716 bits per heavy atom. The third kappa shape index (κ3) is 7.10. The molecule has 0 bridgehead atoms. The van der Waals surface area contributed by atoms with Gasteiger partial charge in [0.15, 0.2) is 12.1 Å². The van der Waals surface area contributed by atoms with Crippen LogP contribution in [0.15, 0.2) is 237 Å². The predicted octanol–water partition coefficient (Wildman–Crippen LogP) is 19.2. The Labute approximate surface area is 430 Å². The molecule has 13 aromatic carbocycles. The van der Waals surface area contributed by atoms with Gasteiger partial charge in [-0.1, -0.05) is 225 Å². The van der Waals surface area contributed by atoms with Gasteiger partial charge in [-0.3, -0.25) is 9.59 Å². The Morgan fingerprint density at radius 3 is 1.15 bits per heavy atom. The van der Waals surface area contributed by atoms with Crippen molar-refractivity contribution in [3.05, 3.63) is 270 Å². The molecule has 0 aliphatic carbocycles. The molecule has 348 valence electrons. The second-order valence-electron chi connectivity index (χ2n) is 19.5. The number of aryl methyl sites for hydroxylation is 2. The van der Waals surface area contributed by atoms with Gasteiger partial charge < -0.3 is 0 Å². The predicted molar refractivity (Wildman–Crippen MR) is 313 cm³/mol. The Kier molecular flexibility index (Phi) is 10.8. The minimum Gasteiger partial charge on any atom is -0.298 e. The number of aldehydes is 1. The van der Waals surface area contributed by atoms with Gasteiger partial charge in [-0.25, -0.2) is 0 Å². The maximum Gasteiger partial charge on any atom is 0.194 e. The third-order valence-corrected chi connectivity index (χ3v) is 15.4. The molecule has 0 radical (unpaired) electrons. The molecule has 0 heterocycles. The first kappa shape index (κ1) is 44.4. The van der Waals surface area contributed by atoms with Gasteiger partial charge >= 0.3 is 0 Å². The lowest BCUT2D eigenvalue weighted by molar-refractivity contribution is 0.103. The van der Waals surface area contributed by atoms with Crippen LogP contribution in [0.25, 0.3) is 127 Å². The minimum atomic E-state index is -0.195. The van der Waals surface area contributed by atoms with Crippen molar-refractivity contribution in [1.29, 1.82) is 0 Å². The molecule has 74 heavy (non-hydrogen) atoms. The molecular formula is C72H48O2. The van der Waals surface area contributed by atoms with Crippen LogP contribution in [0.1, 0.15) is 43.0 Å². The highest BCUT2D eigenvalue weighted by molar-refractivity contribution is 6.32. The van der Waals surface area contributed by atoms with Crippen molar-refractivity contribution in [2.75, 3.05) is 0 Å². The third-order valence-electron chi connectivity index (χ3n) is 15.4. The first-order valence-electron chi connectivity index (χ1n) is 25.3. The number of hydrogen-bond acceptors (Lipinski definition) is 2. The van der Waals surface area contributed by atoms with Crippen LogP contribution in [0.4, 0.5) is 0 Å². The number of carbonyl (C=O) groups excluding carboxylic acids is 2. The van der Waals surface area contributed by atoms with Gasteiger partial charge in [0.05, 0.1) is 0 Å². The van der Waals surface area contributed by atoms with Gasteiger partial charge in [0, 0.05) is 16.7 Å². The Morgan fingerprint density at radius 1 is 0.351 bits per heavy atom. The summed E-state index contributed by atoms with van der Waals surface area (Å²) in [7, 11) is 0. The van der Waals surface area contributed by atoms with Crippen molar-refractivity contribution in [3.63, 3.8) is 0 Å². The van der Waals surface area contributed by atoms with E-state index in [2.05, 4.69) is 215 Å². The van der Waals surface area contributed by atoms with Crippen LogP contribution in [0.3, 0.4) is 0 Å². The smallest absolute Gasteiger partial charge is 0.194 e. The molecule has 0 aromatic heterocycles. The molecule has 0 unspecified atom stereocenters. The largest absolute Gasteiger partial charge is 0.298 e. The summed E-state index contributed by atoms with van der Waals surface area (Å²) in [6, 6.07) is 81.3. The molecule has 2 heteroatoms. The molecule has 0 N–H and O–H groups in total. The van der Waals surface area contributed by atoms with Gasteiger partial charge in [0.1, 0.15) is 0 Å². The SMILES string of the molecule is C=Cc1c(C)cc(-c2ccccc2)c2ccc3c(C(=O)c4ccccc4C=O)cc(-c4ccc(-c5cc(-c6ccccc6)c6ccc7c(-c8ccccc8)cc(-c8ccccc8)c8ccc5c6c78)cc4)c(C)c3c12. The molecule has 0 saturated carbocycles. The van der Waals surface area contributed by atoms with Crippen LogP contribution in [0, 0.1) is 13.8 Å². The van der Waals surface area contributed by atoms with Crippen molar-refractivity contribution < 1.29 is 9.59 Å². The van der Waals surface area contributed by atoms with E-state index in [1.807, 2.05) is 24.3 Å². The maximum absolute atomic E-state index is 15.1. The molecule has 0 atom stereocenters. The molecule has 0 saturated heterocycles. The minimum absolute atomic E-state index is 0.195. The molecule has 0 fully saturated rings. The fourth-order valence-corrected chi connectivity index (χ4v) is 11.9. The van der Waals surface area contributed by atoms with Crippen molar-refractivity contribution in [2.45, 2.75) is 13.8 Å². The summed E-state index contributed by atoms with van der Waals surface area (Å²) in [6.45, 7) is 8.65. The van der Waals surface area contributed by atoms with Crippen LogP contribution < -0.4 is 0 Å². The monoisotopic (exact) mass is 944 g/mol. The summed E-state index contributed by atoms with van der Waals surface area (Å²) in [4.78, 5) is 27.5. The zero-order valence-electron chi connectivity index (χ0n) is 41.1. The van der Waals surface area contributed by atoms with E-state index < -0.39 is 0 Å². The second-order valence-corrected chi connectivity index (χ2v) is 19.5. The summed E-state index contributed by atoms with van der Waals surface area (Å²) in [5.41, 5.74) is 18.0.